The number of nitrogens with one attached hydrogen (secondary N) is 1. The first-order valence-electron chi connectivity index (χ1n) is 9.39. The normalized spacial score (nSPS) is 18.9. The molecule has 1 aliphatic heterocycles. The molecule has 1 aromatic carbocycles. The Kier molecular flexibility index (Phi) is 5.30. The van der Waals surface area contributed by atoms with Crippen molar-refractivity contribution in [2.45, 2.75) is 18.4 Å². The number of carbonyl (C=O) groups is 1. The summed E-state index contributed by atoms with van der Waals surface area (Å²) in [6, 6.07) is 7.26. The van der Waals surface area contributed by atoms with E-state index in [9.17, 15) is 22.4 Å². The van der Waals surface area contributed by atoms with Crippen LogP contribution in [0.1, 0.15) is 5.56 Å². The molecule has 0 saturated carbocycles. The minimum Gasteiger partial charge on any atom is -0.359 e. The Morgan fingerprint density at radius 3 is 2.58 bits per heavy atom. The number of fused-ring (bicyclic) bond motifs is 1. The lowest BCUT2D eigenvalue weighted by Gasteiger charge is -2.17. The molecule has 1 aliphatic rings. The molecule has 4 rings (SSSR count). The molecule has 2 aromatic heterocycles. The smallest absolute Gasteiger partial charge is 0.359 e. The topological polar surface area (TPSA) is 71.0 Å². The molecule has 1 saturated heterocycles. The first-order chi connectivity index (χ1) is 14.8. The third kappa shape index (κ3) is 4.05. The maximum atomic E-state index is 14.4. The van der Waals surface area contributed by atoms with Crippen LogP contribution in [0.15, 0.2) is 55.3 Å². The number of hydrogen-bond acceptors (Lipinski definition) is 5. The lowest BCUT2D eigenvalue weighted by Crippen LogP contribution is -2.31. The van der Waals surface area contributed by atoms with E-state index in [1.807, 2.05) is 0 Å². The van der Waals surface area contributed by atoms with Crippen molar-refractivity contribution < 1.29 is 22.4 Å². The van der Waals surface area contributed by atoms with Crippen LogP contribution in [0.5, 0.6) is 0 Å². The van der Waals surface area contributed by atoms with E-state index < -0.39 is 24.0 Å². The van der Waals surface area contributed by atoms with Gasteiger partial charge in [-0.05, 0) is 30.3 Å². The second kappa shape index (κ2) is 7.93. The van der Waals surface area contributed by atoms with Gasteiger partial charge >= 0.3 is 6.18 Å². The fourth-order valence-corrected chi connectivity index (χ4v) is 3.50. The van der Waals surface area contributed by atoms with E-state index >= 15 is 0 Å². The highest BCUT2D eigenvalue weighted by atomic mass is 19.4. The van der Waals surface area contributed by atoms with Crippen molar-refractivity contribution in [1.82, 2.24) is 20.1 Å². The summed E-state index contributed by atoms with van der Waals surface area (Å²) in [6.45, 7) is 3.47. The van der Waals surface area contributed by atoms with Crippen LogP contribution >= 0.6 is 0 Å². The summed E-state index contributed by atoms with van der Waals surface area (Å²) in [5, 5.41) is 11.8. The molecule has 3 aromatic rings. The van der Waals surface area contributed by atoms with Gasteiger partial charge in [0, 0.05) is 23.7 Å². The lowest BCUT2D eigenvalue weighted by molar-refractivity contribution is -0.137. The Morgan fingerprint density at radius 2 is 1.90 bits per heavy atom. The summed E-state index contributed by atoms with van der Waals surface area (Å²) >= 11 is 0. The molecule has 0 bridgehead atoms. The van der Waals surface area contributed by atoms with Crippen molar-refractivity contribution in [1.29, 1.82) is 0 Å². The Hall–Kier alpha value is -3.56. The number of aromatic nitrogens is 3. The van der Waals surface area contributed by atoms with Gasteiger partial charge in [-0.15, -0.1) is 10.2 Å². The van der Waals surface area contributed by atoms with Gasteiger partial charge in [-0.1, -0.05) is 18.7 Å². The highest BCUT2D eigenvalue weighted by molar-refractivity contribution is 5.97. The van der Waals surface area contributed by atoms with E-state index in [2.05, 4.69) is 27.1 Å². The zero-order valence-electron chi connectivity index (χ0n) is 16.1. The summed E-state index contributed by atoms with van der Waals surface area (Å²) < 4.78 is 53.0. The van der Waals surface area contributed by atoms with Gasteiger partial charge in [0.25, 0.3) is 0 Å². The van der Waals surface area contributed by atoms with Crippen molar-refractivity contribution in [3.63, 3.8) is 0 Å². The molecule has 1 N–H and O–H groups in total. The lowest BCUT2D eigenvalue weighted by atomic mass is 10.0. The fraction of sp³-hybridized carbons (Fsp3) is 0.238. The molecule has 1 amide bonds. The van der Waals surface area contributed by atoms with E-state index in [4.69, 9.17) is 0 Å². The summed E-state index contributed by atoms with van der Waals surface area (Å²) in [6.07, 6.45) is -3.10. The standard InChI is InChI=1S/C21H17F4N5O/c1-2-17(31)30-10-15(22)16(11-30)27-20-19-14(4-3-9-26-19)18(28-29-20)12-5-7-13(8-6-12)21(23,24)25/h2-9,15-16H,1,10-11H2,(H,27,29)/t15-,16-/m1/s1. The average molecular weight is 431 g/mol. The van der Waals surface area contributed by atoms with Crippen molar-refractivity contribution in [3.8, 4) is 11.3 Å². The molecule has 3 heterocycles. The number of rotatable bonds is 4. The molecule has 0 aliphatic carbocycles. The van der Waals surface area contributed by atoms with Crippen LogP contribution < -0.4 is 5.32 Å². The molecule has 0 radical (unpaired) electrons. The molecule has 2 atom stereocenters. The van der Waals surface area contributed by atoms with Crippen LogP contribution in [0, 0.1) is 0 Å². The number of likely N-dealkylation sites (tertiary alicyclic amines) is 1. The van der Waals surface area contributed by atoms with Gasteiger partial charge in [0.15, 0.2) is 5.82 Å². The average Bonchev–Trinajstić information content (AvgIpc) is 3.13. The molecule has 10 heteroatoms. The Morgan fingerprint density at radius 1 is 1.16 bits per heavy atom. The summed E-state index contributed by atoms with van der Waals surface area (Å²) in [5.41, 5.74) is 0.429. The van der Waals surface area contributed by atoms with E-state index in [1.54, 1.807) is 12.1 Å². The Bertz CT molecular complexity index is 1130. The fourth-order valence-electron chi connectivity index (χ4n) is 3.50. The zero-order chi connectivity index (χ0) is 22.2. The molecule has 1 fully saturated rings. The number of carbonyl (C=O) groups excluding carboxylic acids is 1. The molecule has 31 heavy (non-hydrogen) atoms. The third-order valence-corrected chi connectivity index (χ3v) is 5.08. The van der Waals surface area contributed by atoms with Crippen molar-refractivity contribution in [3.05, 3.63) is 60.8 Å². The van der Waals surface area contributed by atoms with E-state index in [1.165, 1.54) is 23.2 Å². The molecular weight excluding hydrogens is 414 g/mol. The molecule has 6 nitrogen and oxygen atoms in total. The second-order valence-electron chi connectivity index (χ2n) is 7.09. The Balaban J connectivity index is 1.66. The minimum atomic E-state index is -4.44. The second-order valence-corrected chi connectivity index (χ2v) is 7.09. The van der Waals surface area contributed by atoms with E-state index in [-0.39, 0.29) is 24.8 Å². The summed E-state index contributed by atoms with van der Waals surface area (Å²) in [7, 11) is 0. The third-order valence-electron chi connectivity index (χ3n) is 5.08. The number of alkyl halides is 4. The monoisotopic (exact) mass is 431 g/mol. The van der Waals surface area contributed by atoms with Crippen molar-refractivity contribution in [2.75, 3.05) is 18.4 Å². The predicted octanol–water partition coefficient (Wildman–Crippen LogP) is 3.86. The Labute approximate surface area is 174 Å². The molecule has 0 spiro atoms. The molecule has 160 valence electrons. The number of nitrogens with zero attached hydrogens (tertiary/aromatic N) is 4. The van der Waals surface area contributed by atoms with E-state index in [0.29, 0.717) is 22.2 Å². The number of hydrogen-bond donors (Lipinski definition) is 1. The van der Waals surface area contributed by atoms with Gasteiger partial charge in [-0.25, -0.2) is 4.39 Å². The maximum absolute atomic E-state index is 14.4. The maximum Gasteiger partial charge on any atom is 0.416 e. The minimum absolute atomic E-state index is 0.0645. The van der Waals surface area contributed by atoms with Gasteiger partial charge in [-0.3, -0.25) is 9.78 Å². The quantitative estimate of drug-likeness (QED) is 0.502. The van der Waals surface area contributed by atoms with Crippen LogP contribution in [-0.4, -0.2) is 51.3 Å². The van der Waals surface area contributed by atoms with Crippen LogP contribution in [0.4, 0.5) is 23.4 Å². The van der Waals surface area contributed by atoms with E-state index in [0.717, 1.165) is 18.2 Å². The van der Waals surface area contributed by atoms with Crippen molar-refractivity contribution in [2.24, 2.45) is 0 Å². The van der Waals surface area contributed by atoms with Crippen LogP contribution in [0.3, 0.4) is 0 Å². The van der Waals surface area contributed by atoms with Gasteiger partial charge in [-0.2, -0.15) is 13.2 Å². The van der Waals surface area contributed by atoms with Gasteiger partial charge in [0.05, 0.1) is 18.2 Å². The zero-order valence-corrected chi connectivity index (χ0v) is 16.1. The van der Waals surface area contributed by atoms with Crippen LogP contribution in [-0.2, 0) is 11.0 Å². The number of pyridine rings is 1. The van der Waals surface area contributed by atoms with Gasteiger partial charge in [0.2, 0.25) is 5.91 Å². The van der Waals surface area contributed by atoms with Crippen molar-refractivity contribution >= 4 is 22.6 Å². The largest absolute Gasteiger partial charge is 0.416 e. The number of anilines is 1. The predicted molar refractivity (Wildman–Crippen MR) is 107 cm³/mol. The number of halogens is 4. The SMILES string of the molecule is C=CC(=O)N1C[C@@H](F)[C@H](Nc2nnc(-c3ccc(C(F)(F)F)cc3)c3cccnc23)C1. The first-order valence-corrected chi connectivity index (χ1v) is 9.39. The molecular formula is C21H17F4N5O. The summed E-state index contributed by atoms with van der Waals surface area (Å²) in [5.74, 6) is -0.134. The number of benzene rings is 1. The first kappa shape index (κ1) is 20.7. The van der Waals surface area contributed by atoms with Gasteiger partial charge < -0.3 is 10.2 Å². The van der Waals surface area contributed by atoms with Crippen LogP contribution in [0.2, 0.25) is 0 Å². The van der Waals surface area contributed by atoms with Crippen LogP contribution in [0.25, 0.3) is 22.2 Å². The molecule has 0 unspecified atom stereocenters. The van der Waals surface area contributed by atoms with Gasteiger partial charge in [0.1, 0.15) is 17.4 Å². The highest BCUT2D eigenvalue weighted by Gasteiger charge is 2.35. The summed E-state index contributed by atoms with van der Waals surface area (Å²) in [4.78, 5) is 17.4. The highest BCUT2D eigenvalue weighted by Crippen LogP contribution is 2.33. The number of amides is 1.